The van der Waals surface area contributed by atoms with E-state index >= 15 is 0 Å². The molecule has 0 aliphatic rings. The van der Waals surface area contributed by atoms with Crippen molar-refractivity contribution in [1.29, 1.82) is 0 Å². The van der Waals surface area contributed by atoms with Gasteiger partial charge < -0.3 is 0 Å². The summed E-state index contributed by atoms with van der Waals surface area (Å²) in [6, 6.07) is 1.97. The van der Waals surface area contributed by atoms with Crippen LogP contribution in [-0.2, 0) is 0 Å². The molecule has 0 N–H and O–H groups in total. The highest BCUT2D eigenvalue weighted by atomic mass is 35.5. The Bertz CT molecular complexity index is 380. The molecule has 0 bridgehead atoms. The molecule has 0 atom stereocenters. The van der Waals surface area contributed by atoms with Crippen molar-refractivity contribution in [3.05, 3.63) is 38.7 Å². The molecule has 1 aromatic rings. The number of nitrogens with zero attached hydrogens (tertiary/aromatic N) is 1. The van der Waals surface area contributed by atoms with Gasteiger partial charge in [-0.05, 0) is 19.1 Å². The Kier molecular flexibility index (Phi) is 2.81. The van der Waals surface area contributed by atoms with E-state index in [1.807, 2.05) is 0 Å². The molecule has 0 radical (unpaired) electrons. The highest BCUT2D eigenvalue weighted by Gasteiger charge is 2.25. The maximum atomic E-state index is 13.1. The largest absolute Gasteiger partial charge is 0.301 e. The number of ketones is 1. The molecular formula is C8H5ClFNO3. The van der Waals surface area contributed by atoms with Gasteiger partial charge in [-0.1, -0.05) is 11.6 Å². The third-order valence-electron chi connectivity index (χ3n) is 1.61. The molecule has 14 heavy (non-hydrogen) atoms. The van der Waals surface area contributed by atoms with Crippen LogP contribution in [0.4, 0.5) is 10.1 Å². The summed E-state index contributed by atoms with van der Waals surface area (Å²) < 4.78 is 13.1. The quantitative estimate of drug-likeness (QED) is 0.435. The van der Waals surface area contributed by atoms with Gasteiger partial charge in [0, 0.05) is 0 Å². The Labute approximate surface area is 83.4 Å². The first-order valence-electron chi connectivity index (χ1n) is 3.58. The normalized spacial score (nSPS) is 9.93. The summed E-state index contributed by atoms with van der Waals surface area (Å²) in [6.07, 6.45) is 0. The standard InChI is InChI=1S/C8H5ClFNO3/c1-4(12)7-6(10)3-2-5(9)8(7)11(13)14/h2-3H,1H3. The lowest BCUT2D eigenvalue weighted by atomic mass is 10.1. The van der Waals surface area contributed by atoms with Gasteiger partial charge in [-0.3, -0.25) is 14.9 Å². The van der Waals surface area contributed by atoms with Gasteiger partial charge in [0.2, 0.25) is 0 Å². The minimum absolute atomic E-state index is 0.249. The molecule has 0 saturated heterocycles. The first-order chi connectivity index (χ1) is 6.45. The van der Waals surface area contributed by atoms with Gasteiger partial charge in [0.1, 0.15) is 16.4 Å². The van der Waals surface area contributed by atoms with Crippen molar-refractivity contribution in [2.45, 2.75) is 6.92 Å². The zero-order chi connectivity index (χ0) is 10.9. The van der Waals surface area contributed by atoms with Crippen LogP contribution >= 0.6 is 11.6 Å². The Morgan fingerprint density at radius 2 is 2.14 bits per heavy atom. The van der Waals surface area contributed by atoms with Crippen LogP contribution in [-0.4, -0.2) is 10.7 Å². The van der Waals surface area contributed by atoms with Crippen molar-refractivity contribution in [3.8, 4) is 0 Å². The summed E-state index contributed by atoms with van der Waals surface area (Å²) in [7, 11) is 0. The minimum Gasteiger partial charge on any atom is -0.294 e. The molecule has 0 fully saturated rings. The van der Waals surface area contributed by atoms with Crippen molar-refractivity contribution in [3.63, 3.8) is 0 Å². The highest BCUT2D eigenvalue weighted by molar-refractivity contribution is 6.33. The van der Waals surface area contributed by atoms with Crippen LogP contribution in [0.5, 0.6) is 0 Å². The average molecular weight is 218 g/mol. The second-order valence-electron chi connectivity index (χ2n) is 2.57. The number of rotatable bonds is 2. The molecule has 0 unspecified atom stereocenters. The fourth-order valence-electron chi connectivity index (χ4n) is 1.05. The van der Waals surface area contributed by atoms with Gasteiger partial charge in [-0.15, -0.1) is 0 Å². The van der Waals surface area contributed by atoms with Gasteiger partial charge >= 0.3 is 5.69 Å². The lowest BCUT2D eigenvalue weighted by Crippen LogP contribution is -2.04. The Morgan fingerprint density at radius 1 is 1.57 bits per heavy atom. The topological polar surface area (TPSA) is 60.2 Å². The van der Waals surface area contributed by atoms with Crippen LogP contribution in [0, 0.1) is 15.9 Å². The Morgan fingerprint density at radius 3 is 2.50 bits per heavy atom. The number of hydrogen-bond donors (Lipinski definition) is 0. The maximum absolute atomic E-state index is 13.1. The highest BCUT2D eigenvalue weighted by Crippen LogP contribution is 2.30. The van der Waals surface area contributed by atoms with Crippen molar-refractivity contribution >= 4 is 23.1 Å². The second kappa shape index (κ2) is 3.71. The van der Waals surface area contributed by atoms with Gasteiger partial charge in [0.15, 0.2) is 5.78 Å². The number of Topliss-reactive ketones (excluding diaryl/α,β-unsaturated/α-hetero) is 1. The van der Waals surface area contributed by atoms with E-state index in [1.54, 1.807) is 0 Å². The van der Waals surface area contributed by atoms with Gasteiger partial charge in [-0.2, -0.15) is 0 Å². The Balaban J connectivity index is 3.58. The predicted molar refractivity (Wildman–Crippen MR) is 48.1 cm³/mol. The van der Waals surface area contributed by atoms with E-state index in [-0.39, 0.29) is 5.02 Å². The molecule has 1 aromatic carbocycles. The molecule has 0 amide bonds. The number of benzene rings is 1. The fraction of sp³-hybridized carbons (Fsp3) is 0.125. The number of nitro benzene ring substituents is 1. The molecule has 0 saturated carbocycles. The summed E-state index contributed by atoms with van der Waals surface area (Å²) >= 11 is 5.48. The Hall–Kier alpha value is -1.49. The molecule has 4 nitrogen and oxygen atoms in total. The van der Waals surface area contributed by atoms with E-state index in [2.05, 4.69) is 0 Å². The number of nitro groups is 1. The van der Waals surface area contributed by atoms with Gasteiger partial charge in [0.05, 0.1) is 4.92 Å². The van der Waals surface area contributed by atoms with Gasteiger partial charge in [0.25, 0.3) is 0 Å². The summed E-state index contributed by atoms with van der Waals surface area (Å²) in [4.78, 5) is 20.6. The number of carbonyl (C=O) groups is 1. The molecule has 0 aliphatic carbocycles. The van der Waals surface area contributed by atoms with E-state index in [0.29, 0.717) is 0 Å². The van der Waals surface area contributed by atoms with Crippen LogP contribution < -0.4 is 0 Å². The molecule has 0 heterocycles. The monoisotopic (exact) mass is 217 g/mol. The third-order valence-corrected chi connectivity index (χ3v) is 1.92. The lowest BCUT2D eigenvalue weighted by Gasteiger charge is -2.01. The fourth-order valence-corrected chi connectivity index (χ4v) is 1.28. The SMILES string of the molecule is CC(=O)c1c(F)ccc(Cl)c1[N+](=O)[O-]. The van der Waals surface area contributed by atoms with E-state index < -0.39 is 27.8 Å². The number of halogens is 2. The minimum atomic E-state index is -0.936. The van der Waals surface area contributed by atoms with Crippen molar-refractivity contribution in [2.75, 3.05) is 0 Å². The first-order valence-corrected chi connectivity index (χ1v) is 3.96. The van der Waals surface area contributed by atoms with E-state index in [4.69, 9.17) is 11.6 Å². The molecular weight excluding hydrogens is 213 g/mol. The molecule has 74 valence electrons. The predicted octanol–water partition coefficient (Wildman–Crippen LogP) is 2.59. The van der Waals surface area contributed by atoms with Crippen molar-refractivity contribution in [2.24, 2.45) is 0 Å². The summed E-state index contributed by atoms with van der Waals surface area (Å²) in [5.41, 5.74) is -1.26. The summed E-state index contributed by atoms with van der Waals surface area (Å²) in [5, 5.41) is 10.3. The molecule has 0 spiro atoms. The van der Waals surface area contributed by atoms with E-state index in [1.165, 1.54) is 0 Å². The average Bonchev–Trinajstić information content (AvgIpc) is 2.07. The summed E-state index contributed by atoms with van der Waals surface area (Å²) in [5.74, 6) is -1.66. The molecule has 0 aromatic heterocycles. The number of carbonyl (C=O) groups excluding carboxylic acids is 1. The number of hydrogen-bond acceptors (Lipinski definition) is 3. The first kappa shape index (κ1) is 10.6. The summed E-state index contributed by atoms with van der Waals surface area (Å²) in [6.45, 7) is 1.04. The van der Waals surface area contributed by atoms with Crippen molar-refractivity contribution in [1.82, 2.24) is 0 Å². The van der Waals surface area contributed by atoms with Crippen LogP contribution in [0.25, 0.3) is 0 Å². The van der Waals surface area contributed by atoms with Crippen LogP contribution in [0.15, 0.2) is 12.1 Å². The van der Waals surface area contributed by atoms with Crippen LogP contribution in [0.1, 0.15) is 17.3 Å². The maximum Gasteiger partial charge on any atom is 0.301 e. The molecule has 0 aliphatic heterocycles. The van der Waals surface area contributed by atoms with E-state index in [9.17, 15) is 19.3 Å². The second-order valence-corrected chi connectivity index (χ2v) is 2.97. The molecule has 1 rings (SSSR count). The van der Waals surface area contributed by atoms with Crippen LogP contribution in [0.2, 0.25) is 5.02 Å². The van der Waals surface area contributed by atoms with E-state index in [0.717, 1.165) is 19.1 Å². The van der Waals surface area contributed by atoms with Crippen LogP contribution in [0.3, 0.4) is 0 Å². The van der Waals surface area contributed by atoms with Crippen molar-refractivity contribution < 1.29 is 14.1 Å². The smallest absolute Gasteiger partial charge is 0.294 e. The zero-order valence-corrected chi connectivity index (χ0v) is 7.84. The zero-order valence-electron chi connectivity index (χ0n) is 7.08. The van der Waals surface area contributed by atoms with Gasteiger partial charge in [-0.25, -0.2) is 4.39 Å². The molecule has 6 heteroatoms. The third kappa shape index (κ3) is 1.72. The lowest BCUT2D eigenvalue weighted by molar-refractivity contribution is -0.385.